The molecular weight excluding hydrogens is 480 g/mol. The van der Waals surface area contributed by atoms with Crippen molar-refractivity contribution < 1.29 is 14.7 Å². The third kappa shape index (κ3) is 4.00. The summed E-state index contributed by atoms with van der Waals surface area (Å²) in [5.74, 6) is -0.644. The van der Waals surface area contributed by atoms with Gasteiger partial charge in [-0.15, -0.1) is 0 Å². The summed E-state index contributed by atoms with van der Waals surface area (Å²) >= 11 is 0. The molecule has 0 fully saturated rings. The Morgan fingerprint density at radius 2 is 1.64 bits per heavy atom. The van der Waals surface area contributed by atoms with Crippen molar-refractivity contribution in [3.8, 4) is 0 Å². The number of aryl methyl sites for hydroxylation is 4. The Morgan fingerprint density at radius 1 is 0.974 bits per heavy atom. The smallest absolute Gasteiger partial charge is 0.180 e. The second kappa shape index (κ2) is 9.18. The molecule has 5 rings (SSSR count). The highest BCUT2D eigenvalue weighted by molar-refractivity contribution is 6.23. The van der Waals surface area contributed by atoms with E-state index in [4.69, 9.17) is 0 Å². The number of Topliss-reactive ketones (excluding diaryl/α,β-unsaturated/α-hetero) is 2. The van der Waals surface area contributed by atoms with E-state index in [9.17, 15) is 14.7 Å². The molecular formula is C36H42O3. The predicted octanol–water partition coefficient (Wildman–Crippen LogP) is 8.16. The normalized spacial score (nSPS) is 28.3. The van der Waals surface area contributed by atoms with Crippen molar-refractivity contribution in [2.75, 3.05) is 0 Å². The number of aliphatic hydroxyl groups is 1. The van der Waals surface area contributed by atoms with Crippen LogP contribution in [0.5, 0.6) is 0 Å². The Morgan fingerprint density at radius 3 is 2.28 bits per heavy atom. The summed E-state index contributed by atoms with van der Waals surface area (Å²) in [4.78, 5) is 26.4. The number of rotatable bonds is 5. The van der Waals surface area contributed by atoms with E-state index >= 15 is 0 Å². The molecule has 204 valence electrons. The molecule has 3 aliphatic rings. The molecule has 2 aromatic carbocycles. The lowest BCUT2D eigenvalue weighted by Crippen LogP contribution is -2.56. The van der Waals surface area contributed by atoms with Gasteiger partial charge in [-0.05, 0) is 117 Å². The maximum Gasteiger partial charge on any atom is 0.180 e. The van der Waals surface area contributed by atoms with E-state index in [2.05, 4.69) is 77.6 Å². The maximum absolute atomic E-state index is 14.0. The minimum Gasteiger partial charge on any atom is -0.511 e. The lowest BCUT2D eigenvalue weighted by atomic mass is 9.43. The van der Waals surface area contributed by atoms with Gasteiger partial charge in [0.15, 0.2) is 11.6 Å². The van der Waals surface area contributed by atoms with Crippen LogP contribution >= 0.6 is 0 Å². The highest BCUT2D eigenvalue weighted by Crippen LogP contribution is 2.67. The first-order valence-electron chi connectivity index (χ1n) is 14.3. The first kappa shape index (κ1) is 27.4. The van der Waals surface area contributed by atoms with Crippen molar-refractivity contribution in [1.82, 2.24) is 0 Å². The summed E-state index contributed by atoms with van der Waals surface area (Å²) < 4.78 is 0. The molecule has 0 aromatic heterocycles. The summed E-state index contributed by atoms with van der Waals surface area (Å²) in [5, 5.41) is 10.9. The SMILES string of the molecule is C=C1C2=C(C)[C@@]3(C)C(=O)C(C(C)=O)=C(O)C[C@@]3(C)C[C@@]2(C)Cc2c(CCCc3ccc(C)cc3)ccc(C)c21. The molecule has 0 heterocycles. The topological polar surface area (TPSA) is 54.4 Å². The Balaban J connectivity index is 1.57. The lowest BCUT2D eigenvalue weighted by Gasteiger charge is -2.59. The highest BCUT2D eigenvalue weighted by Gasteiger charge is 2.63. The van der Waals surface area contributed by atoms with Crippen LogP contribution in [0.15, 0.2) is 65.5 Å². The number of ketones is 2. The lowest BCUT2D eigenvalue weighted by molar-refractivity contribution is -0.135. The molecule has 3 aliphatic carbocycles. The van der Waals surface area contributed by atoms with E-state index in [-0.39, 0.29) is 28.3 Å². The van der Waals surface area contributed by atoms with Crippen LogP contribution in [0.4, 0.5) is 0 Å². The fraction of sp³-hybridized carbons (Fsp3) is 0.444. The van der Waals surface area contributed by atoms with Crippen molar-refractivity contribution in [1.29, 1.82) is 0 Å². The highest BCUT2D eigenvalue weighted by atomic mass is 16.3. The molecule has 0 amide bonds. The van der Waals surface area contributed by atoms with Crippen molar-refractivity contribution in [2.24, 2.45) is 16.2 Å². The number of fused-ring (bicyclic) bond motifs is 3. The average molecular weight is 523 g/mol. The maximum atomic E-state index is 14.0. The Kier molecular flexibility index (Phi) is 6.44. The van der Waals surface area contributed by atoms with E-state index in [1.165, 1.54) is 45.9 Å². The number of hydrogen-bond acceptors (Lipinski definition) is 3. The van der Waals surface area contributed by atoms with Gasteiger partial charge in [-0.3, -0.25) is 9.59 Å². The van der Waals surface area contributed by atoms with Gasteiger partial charge in [0.05, 0.1) is 11.0 Å². The van der Waals surface area contributed by atoms with Crippen LogP contribution in [0.25, 0.3) is 5.57 Å². The minimum atomic E-state index is -0.866. The van der Waals surface area contributed by atoms with E-state index in [0.29, 0.717) is 6.42 Å². The molecule has 39 heavy (non-hydrogen) atoms. The number of benzene rings is 2. The second-order valence-electron chi connectivity index (χ2n) is 13.2. The number of allylic oxidation sites excluding steroid dienone is 5. The van der Waals surface area contributed by atoms with Gasteiger partial charge in [-0.2, -0.15) is 0 Å². The predicted molar refractivity (Wildman–Crippen MR) is 159 cm³/mol. The standard InChI is InChI=1S/C36H42O3/c1-21-12-15-26(16-13-21)10-9-11-27-17-14-22(2)30-23(3)32-24(4)36(8)33(39)31(25(5)37)29(38)19-35(36,7)20-34(32,6)18-28(27)30/h12-17,38H,3,9-11,18-20H2,1-2,4-8H3/t34-,35+,36+/m1/s1. The monoisotopic (exact) mass is 522 g/mol. The van der Waals surface area contributed by atoms with Gasteiger partial charge in [0.2, 0.25) is 0 Å². The first-order valence-corrected chi connectivity index (χ1v) is 14.3. The van der Waals surface area contributed by atoms with Gasteiger partial charge in [-0.1, -0.05) is 68.0 Å². The van der Waals surface area contributed by atoms with Gasteiger partial charge >= 0.3 is 0 Å². The quantitative estimate of drug-likeness (QED) is 0.403. The molecule has 3 nitrogen and oxygen atoms in total. The van der Waals surface area contributed by atoms with Crippen LogP contribution in [-0.4, -0.2) is 16.7 Å². The summed E-state index contributed by atoms with van der Waals surface area (Å²) in [6.07, 6.45) is 5.12. The van der Waals surface area contributed by atoms with E-state index in [1.807, 2.05) is 6.92 Å². The Bertz CT molecular complexity index is 1480. The summed E-state index contributed by atoms with van der Waals surface area (Å²) in [6.45, 7) is 18.8. The fourth-order valence-corrected chi connectivity index (χ4v) is 8.33. The van der Waals surface area contributed by atoms with E-state index in [1.54, 1.807) is 0 Å². The zero-order chi connectivity index (χ0) is 28.5. The average Bonchev–Trinajstić information content (AvgIpc) is 2.83. The van der Waals surface area contributed by atoms with Crippen LogP contribution in [0, 0.1) is 30.1 Å². The van der Waals surface area contributed by atoms with E-state index < -0.39 is 10.8 Å². The van der Waals surface area contributed by atoms with Crippen molar-refractivity contribution >= 4 is 17.1 Å². The van der Waals surface area contributed by atoms with Crippen LogP contribution in [0.3, 0.4) is 0 Å². The van der Waals surface area contributed by atoms with Crippen molar-refractivity contribution in [3.05, 3.63) is 98.8 Å². The van der Waals surface area contributed by atoms with Gasteiger partial charge in [0.25, 0.3) is 0 Å². The molecule has 0 saturated carbocycles. The Hall–Kier alpha value is -3.20. The van der Waals surface area contributed by atoms with Crippen LogP contribution in [0.1, 0.15) is 87.3 Å². The zero-order valence-electron chi connectivity index (χ0n) is 24.7. The third-order valence-electron chi connectivity index (χ3n) is 10.4. The molecule has 0 radical (unpaired) electrons. The van der Waals surface area contributed by atoms with Crippen molar-refractivity contribution in [2.45, 2.75) is 87.0 Å². The second-order valence-corrected chi connectivity index (χ2v) is 13.2. The molecule has 0 unspecified atom stereocenters. The fourth-order valence-electron chi connectivity index (χ4n) is 8.33. The minimum absolute atomic E-state index is 0.0209. The molecule has 3 atom stereocenters. The summed E-state index contributed by atoms with van der Waals surface area (Å²) in [7, 11) is 0. The van der Waals surface area contributed by atoms with Gasteiger partial charge in [0, 0.05) is 6.42 Å². The number of aliphatic hydroxyl groups excluding tert-OH is 1. The van der Waals surface area contributed by atoms with Crippen LogP contribution < -0.4 is 0 Å². The van der Waals surface area contributed by atoms with Crippen LogP contribution in [-0.2, 0) is 28.9 Å². The molecule has 0 aliphatic heterocycles. The Labute approximate surface area is 233 Å². The van der Waals surface area contributed by atoms with E-state index in [0.717, 1.165) is 43.3 Å². The van der Waals surface area contributed by atoms with Gasteiger partial charge < -0.3 is 5.11 Å². The van der Waals surface area contributed by atoms with Crippen LogP contribution in [0.2, 0.25) is 0 Å². The third-order valence-corrected chi connectivity index (χ3v) is 10.4. The number of hydrogen-bond donors (Lipinski definition) is 1. The van der Waals surface area contributed by atoms with Crippen molar-refractivity contribution in [3.63, 3.8) is 0 Å². The first-order chi connectivity index (χ1) is 18.2. The number of carbonyl (C=O) groups excluding carboxylic acids is 2. The molecule has 0 bridgehead atoms. The molecule has 0 spiro atoms. The molecule has 1 N–H and O–H groups in total. The van der Waals surface area contributed by atoms with Gasteiger partial charge in [0.1, 0.15) is 5.76 Å². The molecule has 0 saturated heterocycles. The van der Waals surface area contributed by atoms with Gasteiger partial charge in [-0.25, -0.2) is 0 Å². The molecule has 3 heteroatoms. The zero-order valence-corrected chi connectivity index (χ0v) is 24.7. The summed E-state index contributed by atoms with van der Waals surface area (Å²) in [5.41, 5.74) is 9.50. The number of carbonyl (C=O) groups is 2. The largest absolute Gasteiger partial charge is 0.511 e. The molecule has 2 aromatic rings. The summed E-state index contributed by atoms with van der Waals surface area (Å²) in [6, 6.07) is 13.4.